The number of benzene rings is 1. The van der Waals surface area contributed by atoms with Gasteiger partial charge in [0.2, 0.25) is 5.91 Å². The Kier molecular flexibility index (Phi) is 7.10. The monoisotopic (exact) mass is 373 g/mol. The number of urea groups is 1. The van der Waals surface area contributed by atoms with E-state index in [2.05, 4.69) is 17.4 Å². The highest BCUT2D eigenvalue weighted by molar-refractivity contribution is 5.87. The van der Waals surface area contributed by atoms with Crippen molar-refractivity contribution in [1.29, 1.82) is 0 Å². The number of likely N-dealkylation sites (tertiary alicyclic amines) is 2. The van der Waals surface area contributed by atoms with E-state index in [9.17, 15) is 9.59 Å². The van der Waals surface area contributed by atoms with Crippen LogP contribution in [0.2, 0.25) is 0 Å². The molecule has 1 aromatic carbocycles. The van der Waals surface area contributed by atoms with E-state index in [1.165, 1.54) is 12.0 Å². The SMILES string of the molecule is COCCN1C[C@H](c2ccccc2)CC[C@@H](NC(=O)N2CCCCC2)C1=O. The van der Waals surface area contributed by atoms with Crippen LogP contribution in [0.4, 0.5) is 4.79 Å². The molecule has 6 heteroatoms. The summed E-state index contributed by atoms with van der Waals surface area (Å²) in [6, 6.07) is 9.78. The maximum atomic E-state index is 13.1. The molecule has 2 saturated heterocycles. The maximum absolute atomic E-state index is 13.1. The number of nitrogens with zero attached hydrogens (tertiary/aromatic N) is 2. The van der Waals surface area contributed by atoms with Crippen LogP contribution in [-0.4, -0.2) is 67.7 Å². The number of amides is 3. The van der Waals surface area contributed by atoms with Crippen LogP contribution in [0.15, 0.2) is 30.3 Å². The summed E-state index contributed by atoms with van der Waals surface area (Å²) in [5, 5.41) is 3.01. The van der Waals surface area contributed by atoms with Gasteiger partial charge in [0.25, 0.3) is 0 Å². The highest BCUT2D eigenvalue weighted by Crippen LogP contribution is 2.27. The number of ether oxygens (including phenoxy) is 1. The number of hydrogen-bond donors (Lipinski definition) is 1. The van der Waals surface area contributed by atoms with E-state index in [-0.39, 0.29) is 17.9 Å². The van der Waals surface area contributed by atoms with Crippen molar-refractivity contribution in [2.45, 2.75) is 44.1 Å². The van der Waals surface area contributed by atoms with Gasteiger partial charge in [0, 0.05) is 39.2 Å². The van der Waals surface area contributed by atoms with Crippen LogP contribution in [-0.2, 0) is 9.53 Å². The molecule has 2 aliphatic heterocycles. The number of nitrogens with one attached hydrogen (secondary N) is 1. The molecule has 2 fully saturated rings. The van der Waals surface area contributed by atoms with Gasteiger partial charge < -0.3 is 19.9 Å². The van der Waals surface area contributed by atoms with Gasteiger partial charge in [-0.2, -0.15) is 0 Å². The largest absolute Gasteiger partial charge is 0.383 e. The quantitative estimate of drug-likeness (QED) is 0.863. The average molecular weight is 373 g/mol. The van der Waals surface area contributed by atoms with Crippen molar-refractivity contribution in [3.63, 3.8) is 0 Å². The van der Waals surface area contributed by atoms with Gasteiger partial charge in [-0.25, -0.2) is 4.79 Å². The zero-order valence-electron chi connectivity index (χ0n) is 16.2. The molecule has 2 aliphatic rings. The van der Waals surface area contributed by atoms with Crippen molar-refractivity contribution in [1.82, 2.24) is 15.1 Å². The second-order valence-electron chi connectivity index (χ2n) is 7.51. The maximum Gasteiger partial charge on any atom is 0.318 e. The third kappa shape index (κ3) is 5.22. The summed E-state index contributed by atoms with van der Waals surface area (Å²) in [5.41, 5.74) is 1.25. The lowest BCUT2D eigenvalue weighted by Gasteiger charge is -2.30. The van der Waals surface area contributed by atoms with Crippen LogP contribution in [0.25, 0.3) is 0 Å². The molecule has 0 aliphatic carbocycles. The molecular weight excluding hydrogens is 342 g/mol. The van der Waals surface area contributed by atoms with Crippen molar-refractivity contribution in [3.05, 3.63) is 35.9 Å². The molecule has 2 atom stereocenters. The van der Waals surface area contributed by atoms with E-state index in [0.29, 0.717) is 26.1 Å². The summed E-state index contributed by atoms with van der Waals surface area (Å²) in [7, 11) is 1.65. The van der Waals surface area contributed by atoms with Gasteiger partial charge in [-0.3, -0.25) is 4.79 Å². The average Bonchev–Trinajstić information content (AvgIpc) is 2.87. The molecule has 6 nitrogen and oxygen atoms in total. The third-order valence-electron chi connectivity index (χ3n) is 5.63. The van der Waals surface area contributed by atoms with E-state index < -0.39 is 6.04 Å². The van der Waals surface area contributed by atoms with Crippen molar-refractivity contribution in [3.8, 4) is 0 Å². The molecule has 2 heterocycles. The summed E-state index contributed by atoms with van der Waals surface area (Å²) >= 11 is 0. The Morgan fingerprint density at radius 2 is 1.89 bits per heavy atom. The van der Waals surface area contributed by atoms with Gasteiger partial charge in [0.05, 0.1) is 6.61 Å². The van der Waals surface area contributed by atoms with Gasteiger partial charge >= 0.3 is 6.03 Å². The molecule has 3 amide bonds. The standard InChI is InChI=1S/C21H31N3O3/c1-27-15-14-24-16-18(17-8-4-2-5-9-17)10-11-19(20(24)25)22-21(26)23-12-6-3-7-13-23/h2,4-5,8-9,18-19H,3,6-7,10-16H2,1H3,(H,22,26)/t18-,19-/m1/s1. The predicted octanol–water partition coefficient (Wildman–Crippen LogP) is 2.60. The summed E-state index contributed by atoms with van der Waals surface area (Å²) in [6.45, 7) is 3.29. The minimum atomic E-state index is -0.454. The molecule has 0 aromatic heterocycles. The van der Waals surface area contributed by atoms with Gasteiger partial charge in [-0.05, 0) is 37.7 Å². The minimum absolute atomic E-state index is 0.0100. The highest BCUT2D eigenvalue weighted by Gasteiger charge is 2.33. The van der Waals surface area contributed by atoms with Crippen molar-refractivity contribution in [2.24, 2.45) is 0 Å². The molecule has 27 heavy (non-hydrogen) atoms. The van der Waals surface area contributed by atoms with Gasteiger partial charge in [0.1, 0.15) is 6.04 Å². The molecule has 3 rings (SSSR count). The Morgan fingerprint density at radius 3 is 2.59 bits per heavy atom. The van der Waals surface area contributed by atoms with E-state index >= 15 is 0 Å². The lowest BCUT2D eigenvalue weighted by atomic mass is 9.94. The molecule has 1 aromatic rings. The van der Waals surface area contributed by atoms with E-state index in [4.69, 9.17) is 4.74 Å². The summed E-state index contributed by atoms with van der Waals surface area (Å²) in [4.78, 5) is 29.4. The first-order chi connectivity index (χ1) is 13.2. The van der Waals surface area contributed by atoms with Crippen LogP contribution in [0.5, 0.6) is 0 Å². The van der Waals surface area contributed by atoms with Crippen LogP contribution in [0.3, 0.4) is 0 Å². The van der Waals surface area contributed by atoms with Crippen molar-refractivity contribution < 1.29 is 14.3 Å². The topological polar surface area (TPSA) is 61.9 Å². The molecular formula is C21H31N3O3. The predicted molar refractivity (Wildman–Crippen MR) is 105 cm³/mol. The minimum Gasteiger partial charge on any atom is -0.383 e. The van der Waals surface area contributed by atoms with Gasteiger partial charge in [-0.15, -0.1) is 0 Å². The number of piperidine rings is 1. The number of hydrogen-bond acceptors (Lipinski definition) is 3. The summed E-state index contributed by atoms with van der Waals surface area (Å²) < 4.78 is 5.20. The Hall–Kier alpha value is -2.08. The molecule has 1 N–H and O–H groups in total. The van der Waals surface area contributed by atoms with Crippen LogP contribution >= 0.6 is 0 Å². The summed E-state index contributed by atoms with van der Waals surface area (Å²) in [6.07, 6.45) is 4.81. The molecule has 148 valence electrons. The Balaban J connectivity index is 1.70. The van der Waals surface area contributed by atoms with Crippen LogP contribution in [0, 0.1) is 0 Å². The molecule has 0 radical (unpaired) electrons. The normalized spacial score (nSPS) is 23.8. The lowest BCUT2D eigenvalue weighted by molar-refractivity contribution is -0.133. The number of carbonyl (C=O) groups excluding carboxylic acids is 2. The molecule has 0 saturated carbocycles. The van der Waals surface area contributed by atoms with E-state index in [0.717, 1.165) is 32.4 Å². The fourth-order valence-corrected chi connectivity index (χ4v) is 4.03. The third-order valence-corrected chi connectivity index (χ3v) is 5.63. The van der Waals surface area contributed by atoms with E-state index in [1.807, 2.05) is 28.0 Å². The second-order valence-corrected chi connectivity index (χ2v) is 7.51. The highest BCUT2D eigenvalue weighted by atomic mass is 16.5. The number of rotatable bonds is 5. The second kappa shape index (κ2) is 9.74. The zero-order chi connectivity index (χ0) is 19.1. The fourth-order valence-electron chi connectivity index (χ4n) is 4.03. The Labute approximate surface area is 161 Å². The van der Waals surface area contributed by atoms with Crippen LogP contribution in [0.1, 0.15) is 43.6 Å². The van der Waals surface area contributed by atoms with Crippen molar-refractivity contribution in [2.75, 3.05) is 39.9 Å². The first kappa shape index (κ1) is 19.7. The summed E-state index contributed by atoms with van der Waals surface area (Å²) in [5.74, 6) is 0.291. The molecule has 0 spiro atoms. The fraction of sp³-hybridized carbons (Fsp3) is 0.619. The lowest BCUT2D eigenvalue weighted by Crippen LogP contribution is -2.52. The first-order valence-electron chi connectivity index (χ1n) is 10.1. The Bertz CT molecular complexity index is 616. The zero-order valence-corrected chi connectivity index (χ0v) is 16.2. The Morgan fingerprint density at radius 1 is 1.15 bits per heavy atom. The smallest absolute Gasteiger partial charge is 0.318 e. The van der Waals surface area contributed by atoms with E-state index in [1.54, 1.807) is 7.11 Å². The first-order valence-corrected chi connectivity index (χ1v) is 10.1. The molecule has 0 unspecified atom stereocenters. The number of carbonyl (C=O) groups is 2. The van der Waals surface area contributed by atoms with Gasteiger partial charge in [-0.1, -0.05) is 30.3 Å². The van der Waals surface area contributed by atoms with Crippen LogP contribution < -0.4 is 5.32 Å². The van der Waals surface area contributed by atoms with Crippen molar-refractivity contribution >= 4 is 11.9 Å². The number of methoxy groups -OCH3 is 1. The molecule has 0 bridgehead atoms. The van der Waals surface area contributed by atoms with Gasteiger partial charge in [0.15, 0.2) is 0 Å².